The molecule has 0 aliphatic carbocycles. The zero-order valence-electron chi connectivity index (χ0n) is 18.5. The first-order chi connectivity index (χ1) is 15.8. The minimum Gasteiger partial charge on any atom is -0.403 e. The van der Waals surface area contributed by atoms with E-state index in [0.29, 0.717) is 5.56 Å². The lowest BCUT2D eigenvalue weighted by Crippen LogP contribution is -2.17. The van der Waals surface area contributed by atoms with Crippen LogP contribution in [0, 0.1) is 5.82 Å². The van der Waals surface area contributed by atoms with Crippen molar-refractivity contribution in [3.63, 3.8) is 0 Å². The van der Waals surface area contributed by atoms with Crippen molar-refractivity contribution in [2.75, 3.05) is 0 Å². The fraction of sp³-hybridized carbons (Fsp3) is 0.286. The van der Waals surface area contributed by atoms with Crippen LogP contribution in [0.1, 0.15) is 44.6 Å². The highest BCUT2D eigenvalue weighted by atomic mass is 19.4. The van der Waals surface area contributed by atoms with E-state index in [4.69, 9.17) is 0 Å². The first-order valence-electron chi connectivity index (χ1n) is 11.3. The van der Waals surface area contributed by atoms with Crippen LogP contribution in [0.3, 0.4) is 0 Å². The quantitative estimate of drug-likeness (QED) is 0.146. The summed E-state index contributed by atoms with van der Waals surface area (Å²) in [5.41, 5.74) is 2.55. The van der Waals surface area contributed by atoms with Gasteiger partial charge in [0.1, 0.15) is 0 Å². The molecule has 5 heteroatoms. The Hall–Kier alpha value is -3.08. The van der Waals surface area contributed by atoms with Gasteiger partial charge >= 0.3 is 6.36 Å². The molecular weight excluding hydrogens is 428 g/mol. The van der Waals surface area contributed by atoms with Crippen molar-refractivity contribution in [2.45, 2.75) is 51.8 Å². The van der Waals surface area contributed by atoms with Crippen molar-refractivity contribution in [3.05, 3.63) is 78.1 Å². The molecule has 0 bridgehead atoms. The molecule has 4 aromatic carbocycles. The van der Waals surface area contributed by atoms with E-state index in [-0.39, 0.29) is 0 Å². The summed E-state index contributed by atoms with van der Waals surface area (Å²) >= 11 is 0. The third kappa shape index (κ3) is 5.65. The lowest BCUT2D eigenvalue weighted by molar-refractivity contribution is -0.275. The van der Waals surface area contributed by atoms with Crippen LogP contribution in [0.5, 0.6) is 5.75 Å². The smallest absolute Gasteiger partial charge is 0.403 e. The van der Waals surface area contributed by atoms with Gasteiger partial charge in [0.2, 0.25) is 0 Å². The van der Waals surface area contributed by atoms with Crippen LogP contribution in [-0.2, 0) is 6.42 Å². The lowest BCUT2D eigenvalue weighted by Gasteiger charge is -2.12. The molecule has 0 aliphatic heterocycles. The normalized spacial score (nSPS) is 11.9. The van der Waals surface area contributed by atoms with Gasteiger partial charge in [0.15, 0.2) is 11.6 Å². The molecule has 4 rings (SSSR count). The molecule has 0 saturated carbocycles. The Bertz CT molecular complexity index is 1260. The topological polar surface area (TPSA) is 9.23 Å². The number of halogens is 4. The number of rotatable bonds is 8. The van der Waals surface area contributed by atoms with Crippen LogP contribution in [0.2, 0.25) is 0 Å². The van der Waals surface area contributed by atoms with Crippen LogP contribution < -0.4 is 4.74 Å². The van der Waals surface area contributed by atoms with E-state index < -0.39 is 17.9 Å². The van der Waals surface area contributed by atoms with Gasteiger partial charge in [-0.1, -0.05) is 81.1 Å². The average molecular weight is 455 g/mol. The summed E-state index contributed by atoms with van der Waals surface area (Å²) in [6.45, 7) is 2.22. The summed E-state index contributed by atoms with van der Waals surface area (Å²) in [4.78, 5) is 0. The van der Waals surface area contributed by atoms with E-state index in [1.807, 2.05) is 24.3 Å². The summed E-state index contributed by atoms with van der Waals surface area (Å²) in [6, 6.07) is 20.0. The van der Waals surface area contributed by atoms with Crippen LogP contribution in [0.4, 0.5) is 17.6 Å². The number of ether oxygens (including phenoxy) is 1. The fourth-order valence-electron chi connectivity index (χ4n) is 4.28. The highest BCUT2D eigenvalue weighted by molar-refractivity contribution is 6.08. The number of unbranched alkanes of at least 4 members (excludes halogenated alkanes) is 4. The van der Waals surface area contributed by atoms with Gasteiger partial charge in [0.25, 0.3) is 0 Å². The molecule has 0 atom stereocenters. The number of fused-ring (bicyclic) bond motifs is 3. The first-order valence-corrected chi connectivity index (χ1v) is 11.3. The lowest BCUT2D eigenvalue weighted by atomic mass is 9.95. The van der Waals surface area contributed by atoms with Crippen molar-refractivity contribution in [1.29, 1.82) is 0 Å². The standard InChI is InChI=1S/C28H26F4O/c1-2-3-4-5-6-7-19-8-13-24-22(16-19)9-10-23-17-20(11-14-25(23)24)21-12-15-27(26(29)18-21)33-28(30,31)32/h8-18H,2-7H2,1H3. The maximum absolute atomic E-state index is 14.2. The number of hydrogen-bond donors (Lipinski definition) is 0. The summed E-state index contributed by atoms with van der Waals surface area (Å²) in [7, 11) is 0. The van der Waals surface area contributed by atoms with Gasteiger partial charge < -0.3 is 4.74 Å². The van der Waals surface area contributed by atoms with E-state index in [1.165, 1.54) is 49.1 Å². The highest BCUT2D eigenvalue weighted by Gasteiger charge is 2.32. The molecule has 172 valence electrons. The Balaban J connectivity index is 1.57. The maximum Gasteiger partial charge on any atom is 0.573 e. The predicted octanol–water partition coefficient (Wildman–Crippen LogP) is 9.21. The van der Waals surface area contributed by atoms with Gasteiger partial charge in [0, 0.05) is 0 Å². The molecule has 0 aliphatic rings. The van der Waals surface area contributed by atoms with E-state index in [0.717, 1.165) is 40.3 Å². The van der Waals surface area contributed by atoms with Gasteiger partial charge in [-0.25, -0.2) is 4.39 Å². The molecule has 0 N–H and O–H groups in total. The van der Waals surface area contributed by atoms with E-state index in [9.17, 15) is 17.6 Å². The predicted molar refractivity (Wildman–Crippen MR) is 126 cm³/mol. The van der Waals surface area contributed by atoms with Crippen LogP contribution >= 0.6 is 0 Å². The second kappa shape index (κ2) is 9.82. The van der Waals surface area contributed by atoms with Crippen molar-refractivity contribution >= 4 is 21.5 Å². The van der Waals surface area contributed by atoms with Crippen molar-refractivity contribution in [3.8, 4) is 16.9 Å². The van der Waals surface area contributed by atoms with E-state index >= 15 is 0 Å². The summed E-state index contributed by atoms with van der Waals surface area (Å²) < 4.78 is 55.0. The van der Waals surface area contributed by atoms with Crippen LogP contribution in [0.15, 0.2) is 66.7 Å². The maximum atomic E-state index is 14.2. The molecule has 0 heterocycles. The second-order valence-electron chi connectivity index (χ2n) is 8.41. The number of aryl methyl sites for hydroxylation is 1. The Morgan fingerprint density at radius 2 is 1.33 bits per heavy atom. The van der Waals surface area contributed by atoms with Gasteiger partial charge in [-0.2, -0.15) is 0 Å². The third-order valence-electron chi connectivity index (χ3n) is 5.96. The minimum atomic E-state index is -4.93. The fourth-order valence-corrected chi connectivity index (χ4v) is 4.28. The molecule has 0 fully saturated rings. The Labute approximate surface area is 191 Å². The molecule has 0 aromatic heterocycles. The van der Waals surface area contributed by atoms with Gasteiger partial charge in [-0.05, 0) is 69.3 Å². The van der Waals surface area contributed by atoms with Gasteiger partial charge in [-0.3, -0.25) is 0 Å². The van der Waals surface area contributed by atoms with Crippen LogP contribution in [-0.4, -0.2) is 6.36 Å². The molecule has 0 unspecified atom stereocenters. The Kier molecular flexibility index (Phi) is 6.87. The van der Waals surface area contributed by atoms with E-state index in [2.05, 4.69) is 35.9 Å². The van der Waals surface area contributed by atoms with Crippen molar-refractivity contribution in [2.24, 2.45) is 0 Å². The number of alkyl halides is 3. The van der Waals surface area contributed by atoms with Gasteiger partial charge in [0.05, 0.1) is 0 Å². The molecule has 1 nitrogen and oxygen atoms in total. The summed E-state index contributed by atoms with van der Waals surface area (Å²) in [5.74, 6) is -1.88. The average Bonchev–Trinajstić information content (AvgIpc) is 2.79. The molecule has 33 heavy (non-hydrogen) atoms. The first kappa shape index (κ1) is 23.1. The third-order valence-corrected chi connectivity index (χ3v) is 5.96. The van der Waals surface area contributed by atoms with Gasteiger partial charge in [-0.15, -0.1) is 13.2 Å². The molecule has 0 radical (unpaired) electrons. The SMILES string of the molecule is CCCCCCCc1ccc2c(ccc3cc(-c4ccc(OC(F)(F)F)c(F)c4)ccc32)c1. The molecule has 0 spiro atoms. The Morgan fingerprint density at radius 3 is 2.03 bits per heavy atom. The van der Waals surface area contributed by atoms with Crippen LogP contribution in [0.25, 0.3) is 32.7 Å². The Morgan fingerprint density at radius 1 is 0.697 bits per heavy atom. The highest BCUT2D eigenvalue weighted by Crippen LogP contribution is 2.33. The largest absolute Gasteiger partial charge is 0.573 e. The number of hydrogen-bond acceptors (Lipinski definition) is 1. The van der Waals surface area contributed by atoms with Crippen molar-refractivity contribution < 1.29 is 22.3 Å². The van der Waals surface area contributed by atoms with E-state index in [1.54, 1.807) is 0 Å². The molecule has 0 amide bonds. The summed E-state index contributed by atoms with van der Waals surface area (Å²) in [6.07, 6.45) is 2.44. The second-order valence-corrected chi connectivity index (χ2v) is 8.41. The zero-order chi connectivity index (χ0) is 23.4. The monoisotopic (exact) mass is 454 g/mol. The zero-order valence-corrected chi connectivity index (χ0v) is 18.5. The minimum absolute atomic E-state index is 0.488. The molecule has 0 saturated heterocycles. The summed E-state index contributed by atoms with van der Waals surface area (Å²) in [5, 5.41) is 4.40. The molecule has 4 aromatic rings. The molecular formula is C28H26F4O. The van der Waals surface area contributed by atoms with Crippen molar-refractivity contribution in [1.82, 2.24) is 0 Å². The number of benzene rings is 4.